The first-order valence-electron chi connectivity index (χ1n) is 9.67. The van der Waals surface area contributed by atoms with Gasteiger partial charge in [-0.1, -0.05) is 13.0 Å². The van der Waals surface area contributed by atoms with E-state index < -0.39 is 0 Å². The van der Waals surface area contributed by atoms with Gasteiger partial charge in [0.1, 0.15) is 12.1 Å². The lowest BCUT2D eigenvalue weighted by atomic mass is 9.99. The predicted octanol–water partition coefficient (Wildman–Crippen LogP) is 2.74. The molecule has 1 saturated heterocycles. The second-order valence-electron chi connectivity index (χ2n) is 7.69. The highest BCUT2D eigenvalue weighted by atomic mass is 16.3. The number of Topliss-reactive ketones (excluding diaryl/α,β-unsaturated/α-hetero) is 1. The highest BCUT2D eigenvalue weighted by molar-refractivity contribution is 5.82. The molecule has 28 heavy (non-hydrogen) atoms. The lowest BCUT2D eigenvalue weighted by molar-refractivity contribution is -0.119. The molecular formula is C21H24N4O3. The zero-order valence-corrected chi connectivity index (χ0v) is 16.2. The third kappa shape index (κ3) is 3.83. The van der Waals surface area contributed by atoms with Gasteiger partial charge in [-0.15, -0.1) is 0 Å². The van der Waals surface area contributed by atoms with Crippen LogP contribution in [-0.2, 0) is 17.8 Å². The third-order valence-corrected chi connectivity index (χ3v) is 5.37. The molecular weight excluding hydrogens is 356 g/mol. The Balaban J connectivity index is 1.50. The lowest BCUT2D eigenvalue weighted by Crippen LogP contribution is -2.36. The maximum atomic E-state index is 12.6. The fourth-order valence-corrected chi connectivity index (χ4v) is 3.68. The molecule has 1 fully saturated rings. The number of rotatable bonds is 5. The van der Waals surface area contributed by atoms with Crippen molar-refractivity contribution in [2.45, 2.75) is 39.7 Å². The van der Waals surface area contributed by atoms with E-state index in [1.165, 1.54) is 11.1 Å². The van der Waals surface area contributed by atoms with Crippen molar-refractivity contribution in [2.75, 3.05) is 18.0 Å². The number of hydrogen-bond acceptors (Lipinski definition) is 6. The molecule has 1 aliphatic rings. The first kappa shape index (κ1) is 18.4. The van der Waals surface area contributed by atoms with Crippen molar-refractivity contribution in [1.29, 1.82) is 0 Å². The van der Waals surface area contributed by atoms with E-state index in [9.17, 15) is 9.59 Å². The Labute approximate surface area is 163 Å². The maximum Gasteiger partial charge on any atom is 0.267 e. The second-order valence-corrected chi connectivity index (χ2v) is 7.69. The molecule has 0 saturated carbocycles. The Kier molecular flexibility index (Phi) is 4.98. The van der Waals surface area contributed by atoms with Crippen LogP contribution in [0.15, 0.2) is 39.9 Å². The average molecular weight is 380 g/mol. The minimum absolute atomic E-state index is 0.0345. The molecule has 4 rings (SSSR count). The first-order chi connectivity index (χ1) is 13.5. The number of hydrogen-bond donors (Lipinski definition) is 0. The van der Waals surface area contributed by atoms with Crippen molar-refractivity contribution in [2.24, 2.45) is 5.92 Å². The van der Waals surface area contributed by atoms with Gasteiger partial charge in [-0.3, -0.25) is 9.59 Å². The largest absolute Gasteiger partial charge is 0.443 e. The lowest BCUT2D eigenvalue weighted by Gasteiger charge is -2.32. The summed E-state index contributed by atoms with van der Waals surface area (Å²) in [6.45, 7) is 5.99. The van der Waals surface area contributed by atoms with Gasteiger partial charge in [-0.05, 0) is 48.9 Å². The molecule has 0 atom stereocenters. The molecule has 3 aromatic rings. The molecule has 7 nitrogen and oxygen atoms in total. The highest BCUT2D eigenvalue weighted by Crippen LogP contribution is 2.23. The van der Waals surface area contributed by atoms with Gasteiger partial charge >= 0.3 is 0 Å². The summed E-state index contributed by atoms with van der Waals surface area (Å²) in [4.78, 5) is 31.3. The van der Waals surface area contributed by atoms with Gasteiger partial charge in [-0.25, -0.2) is 9.67 Å². The minimum atomic E-state index is -0.244. The Bertz CT molecular complexity index is 1060. The minimum Gasteiger partial charge on any atom is -0.443 e. The number of carbonyl (C=O) groups is 1. The first-order valence-corrected chi connectivity index (χ1v) is 9.67. The van der Waals surface area contributed by atoms with E-state index in [1.807, 2.05) is 19.1 Å². The van der Waals surface area contributed by atoms with Crippen LogP contribution < -0.4 is 10.5 Å². The summed E-state index contributed by atoms with van der Waals surface area (Å²) in [6, 6.07) is 7.06. The van der Waals surface area contributed by atoms with Gasteiger partial charge in [0.05, 0.1) is 0 Å². The number of nitrogens with zero attached hydrogens (tertiary/aromatic N) is 4. The number of benzene rings is 1. The number of ketones is 1. The summed E-state index contributed by atoms with van der Waals surface area (Å²) in [6.07, 6.45) is 3.84. The normalized spacial score (nSPS) is 15.3. The Morgan fingerprint density at radius 3 is 2.82 bits per heavy atom. The van der Waals surface area contributed by atoms with E-state index in [4.69, 9.17) is 4.42 Å². The SMILES string of the molecule is Cc1cc(=O)n(CC(=O)Cc2ccc3ocnc3c2)nc1N1CCC(C)CC1. The summed E-state index contributed by atoms with van der Waals surface area (Å²) in [5.74, 6) is 1.45. The maximum absolute atomic E-state index is 12.6. The quantitative estimate of drug-likeness (QED) is 0.677. The Morgan fingerprint density at radius 2 is 2.04 bits per heavy atom. The molecule has 7 heteroatoms. The van der Waals surface area contributed by atoms with Crippen LogP contribution in [0.25, 0.3) is 11.1 Å². The van der Waals surface area contributed by atoms with Crippen molar-refractivity contribution in [1.82, 2.24) is 14.8 Å². The monoisotopic (exact) mass is 380 g/mol. The van der Waals surface area contributed by atoms with Crippen LogP contribution in [0.2, 0.25) is 0 Å². The molecule has 0 radical (unpaired) electrons. The number of anilines is 1. The Morgan fingerprint density at radius 1 is 1.25 bits per heavy atom. The third-order valence-electron chi connectivity index (χ3n) is 5.37. The van der Waals surface area contributed by atoms with Gasteiger partial charge in [0.25, 0.3) is 5.56 Å². The van der Waals surface area contributed by atoms with Crippen LogP contribution in [0.1, 0.15) is 30.9 Å². The Hall–Kier alpha value is -2.96. The van der Waals surface area contributed by atoms with E-state index in [-0.39, 0.29) is 24.3 Å². The zero-order valence-electron chi connectivity index (χ0n) is 16.2. The number of fused-ring (bicyclic) bond motifs is 1. The standard InChI is InChI=1S/C21H24N4O3/c1-14-5-7-24(8-6-14)21-15(2)9-20(27)25(23-21)12-17(26)10-16-3-4-19-18(11-16)22-13-28-19/h3-4,9,11,13-14H,5-8,10,12H2,1-2H3. The van der Waals surface area contributed by atoms with Gasteiger partial charge in [0.15, 0.2) is 23.6 Å². The highest BCUT2D eigenvalue weighted by Gasteiger charge is 2.20. The second kappa shape index (κ2) is 7.58. The van der Waals surface area contributed by atoms with E-state index >= 15 is 0 Å². The molecule has 3 heterocycles. The molecule has 146 valence electrons. The van der Waals surface area contributed by atoms with Crippen molar-refractivity contribution < 1.29 is 9.21 Å². The molecule has 0 spiro atoms. The summed E-state index contributed by atoms with van der Waals surface area (Å²) >= 11 is 0. The summed E-state index contributed by atoms with van der Waals surface area (Å²) in [7, 11) is 0. The van der Waals surface area contributed by atoms with E-state index in [2.05, 4.69) is 21.9 Å². The number of aryl methyl sites for hydroxylation is 1. The van der Waals surface area contributed by atoms with Crippen molar-refractivity contribution >= 4 is 22.7 Å². The molecule has 0 aliphatic carbocycles. The van der Waals surface area contributed by atoms with E-state index in [0.717, 1.165) is 48.4 Å². The molecule has 2 aromatic heterocycles. The van der Waals surface area contributed by atoms with Gasteiger partial charge in [0, 0.05) is 25.6 Å². The van der Waals surface area contributed by atoms with Crippen LogP contribution in [0.5, 0.6) is 0 Å². The molecule has 1 aromatic carbocycles. The van der Waals surface area contributed by atoms with Crippen LogP contribution in [0, 0.1) is 12.8 Å². The van der Waals surface area contributed by atoms with Crippen molar-refractivity contribution in [3.8, 4) is 0 Å². The smallest absolute Gasteiger partial charge is 0.267 e. The van der Waals surface area contributed by atoms with Crippen molar-refractivity contribution in [3.05, 3.63) is 52.1 Å². The number of carbonyl (C=O) groups excluding carboxylic acids is 1. The zero-order chi connectivity index (χ0) is 19.7. The van der Waals surface area contributed by atoms with Crippen molar-refractivity contribution in [3.63, 3.8) is 0 Å². The van der Waals surface area contributed by atoms with Gasteiger partial charge in [0.2, 0.25) is 0 Å². The molecule has 0 amide bonds. The fraction of sp³-hybridized carbons (Fsp3) is 0.429. The summed E-state index contributed by atoms with van der Waals surface area (Å²) in [5, 5.41) is 4.53. The topological polar surface area (TPSA) is 81.2 Å². The van der Waals surface area contributed by atoms with Crippen LogP contribution in [0.3, 0.4) is 0 Å². The van der Waals surface area contributed by atoms with Gasteiger partial charge < -0.3 is 9.32 Å². The number of aromatic nitrogens is 3. The molecule has 0 N–H and O–H groups in total. The molecule has 0 unspecified atom stereocenters. The molecule has 1 aliphatic heterocycles. The number of piperidine rings is 1. The predicted molar refractivity (Wildman–Crippen MR) is 107 cm³/mol. The number of oxazole rings is 1. The van der Waals surface area contributed by atoms with Crippen LogP contribution >= 0.6 is 0 Å². The molecule has 0 bridgehead atoms. The fourth-order valence-electron chi connectivity index (χ4n) is 3.68. The summed E-state index contributed by atoms with van der Waals surface area (Å²) < 4.78 is 6.51. The van der Waals surface area contributed by atoms with Crippen LogP contribution in [-0.4, -0.2) is 33.6 Å². The van der Waals surface area contributed by atoms with Crippen LogP contribution in [0.4, 0.5) is 5.82 Å². The van der Waals surface area contributed by atoms with Gasteiger partial charge in [-0.2, -0.15) is 5.10 Å². The van der Waals surface area contributed by atoms with E-state index in [0.29, 0.717) is 11.5 Å². The van der Waals surface area contributed by atoms with E-state index in [1.54, 1.807) is 12.1 Å². The average Bonchev–Trinajstić information content (AvgIpc) is 3.12. The summed E-state index contributed by atoms with van der Waals surface area (Å²) in [5.41, 5.74) is 2.87.